The second-order valence-electron chi connectivity index (χ2n) is 6.53. The first-order chi connectivity index (χ1) is 13.8. The van der Waals surface area contributed by atoms with Crippen molar-refractivity contribution < 1.29 is 12.8 Å². The van der Waals surface area contributed by atoms with E-state index in [1.165, 1.54) is 6.07 Å². The van der Waals surface area contributed by atoms with Crippen molar-refractivity contribution in [3.05, 3.63) is 78.1 Å². The van der Waals surface area contributed by atoms with Crippen molar-refractivity contribution in [2.75, 3.05) is 6.26 Å². The van der Waals surface area contributed by atoms with Gasteiger partial charge in [-0.25, -0.2) is 22.3 Å². The van der Waals surface area contributed by atoms with E-state index in [9.17, 15) is 12.8 Å². The Bertz CT molecular complexity index is 1350. The molecular formula is C19H17FN6O2S. The van der Waals surface area contributed by atoms with E-state index in [0.717, 1.165) is 11.6 Å². The molecular weight excluding hydrogens is 395 g/mol. The van der Waals surface area contributed by atoms with Crippen LogP contribution in [0.25, 0.3) is 22.2 Å². The van der Waals surface area contributed by atoms with Gasteiger partial charge in [0, 0.05) is 24.1 Å². The predicted octanol–water partition coefficient (Wildman–Crippen LogP) is 2.03. The molecule has 0 spiro atoms. The molecule has 10 heteroatoms. The Morgan fingerprint density at radius 3 is 2.86 bits per heavy atom. The van der Waals surface area contributed by atoms with Gasteiger partial charge in [0.25, 0.3) is 0 Å². The summed E-state index contributed by atoms with van der Waals surface area (Å²) in [6.07, 6.45) is 4.54. The predicted molar refractivity (Wildman–Crippen MR) is 108 cm³/mol. The van der Waals surface area contributed by atoms with Gasteiger partial charge in [-0.3, -0.25) is 4.98 Å². The van der Waals surface area contributed by atoms with Crippen LogP contribution in [0.5, 0.6) is 0 Å². The molecule has 0 fully saturated rings. The number of rotatable bonds is 6. The van der Waals surface area contributed by atoms with Crippen LogP contribution in [-0.4, -0.2) is 34.3 Å². The standard InChI is InChI=1S/C19H17FN6O2S/c1-12(23-25-29(2,27)28)17-5-6-19-22-11-15(26(19)24-17)9-14-8-13-4-3-7-21-18(13)10-16(14)20/h3-8,10-11,23,25H,1,9H2,2H3. The average Bonchev–Trinajstić information content (AvgIpc) is 3.08. The van der Waals surface area contributed by atoms with Crippen LogP contribution in [0.3, 0.4) is 0 Å². The monoisotopic (exact) mass is 412 g/mol. The summed E-state index contributed by atoms with van der Waals surface area (Å²) in [6, 6.07) is 10.2. The molecule has 4 aromatic rings. The molecule has 0 radical (unpaired) electrons. The molecule has 148 valence electrons. The molecule has 0 amide bonds. The quantitative estimate of drug-likeness (QED) is 0.470. The molecule has 3 aromatic heterocycles. The second kappa shape index (κ2) is 7.22. The molecule has 2 N–H and O–H groups in total. The maximum atomic E-state index is 14.6. The number of hydrogen-bond donors (Lipinski definition) is 2. The van der Waals surface area contributed by atoms with Gasteiger partial charge in [0.1, 0.15) is 11.5 Å². The van der Waals surface area contributed by atoms with Gasteiger partial charge in [-0.15, -0.1) is 4.83 Å². The minimum atomic E-state index is -3.45. The molecule has 3 heterocycles. The highest BCUT2D eigenvalue weighted by atomic mass is 32.2. The molecule has 0 saturated carbocycles. The summed E-state index contributed by atoms with van der Waals surface area (Å²) in [5.74, 6) is -0.356. The molecule has 4 rings (SSSR count). The Labute approximate surface area is 166 Å². The van der Waals surface area contributed by atoms with Crippen molar-refractivity contribution in [3.63, 3.8) is 0 Å². The molecule has 0 atom stereocenters. The third-order valence-corrected chi connectivity index (χ3v) is 4.75. The molecule has 8 nitrogen and oxygen atoms in total. The van der Waals surface area contributed by atoms with Crippen LogP contribution < -0.4 is 10.3 Å². The Morgan fingerprint density at radius 1 is 1.24 bits per heavy atom. The summed E-state index contributed by atoms with van der Waals surface area (Å²) in [7, 11) is -3.45. The molecule has 0 unspecified atom stereocenters. The van der Waals surface area contributed by atoms with Gasteiger partial charge >= 0.3 is 0 Å². The number of nitrogens with zero attached hydrogens (tertiary/aromatic N) is 4. The van der Waals surface area contributed by atoms with Gasteiger partial charge < -0.3 is 5.43 Å². The number of hydrazine groups is 1. The Kier molecular flexibility index (Phi) is 4.73. The van der Waals surface area contributed by atoms with E-state index < -0.39 is 10.0 Å². The number of hydrogen-bond acceptors (Lipinski definition) is 6. The summed E-state index contributed by atoms with van der Waals surface area (Å²) in [5, 5.41) is 5.29. The van der Waals surface area contributed by atoms with Crippen molar-refractivity contribution >= 4 is 32.3 Å². The molecule has 1 aromatic carbocycles. The van der Waals surface area contributed by atoms with Crippen LogP contribution in [0.1, 0.15) is 17.0 Å². The zero-order valence-corrected chi connectivity index (χ0v) is 16.2. The fourth-order valence-electron chi connectivity index (χ4n) is 2.89. The molecule has 0 bridgehead atoms. The second-order valence-corrected chi connectivity index (χ2v) is 8.28. The highest BCUT2D eigenvalue weighted by molar-refractivity contribution is 7.88. The van der Waals surface area contributed by atoms with Crippen LogP contribution in [0.2, 0.25) is 0 Å². The van der Waals surface area contributed by atoms with E-state index in [1.54, 1.807) is 41.2 Å². The lowest BCUT2D eigenvalue weighted by atomic mass is 10.1. The highest BCUT2D eigenvalue weighted by Crippen LogP contribution is 2.21. The summed E-state index contributed by atoms with van der Waals surface area (Å²) < 4.78 is 38.6. The maximum Gasteiger partial charge on any atom is 0.225 e. The summed E-state index contributed by atoms with van der Waals surface area (Å²) in [5.41, 5.74) is 5.51. The zero-order chi connectivity index (χ0) is 20.6. The summed E-state index contributed by atoms with van der Waals surface area (Å²) in [6.45, 7) is 3.78. The number of halogens is 1. The lowest BCUT2D eigenvalue weighted by Gasteiger charge is -2.10. The highest BCUT2D eigenvalue weighted by Gasteiger charge is 2.12. The Hall–Kier alpha value is -3.37. The van der Waals surface area contributed by atoms with E-state index >= 15 is 0 Å². The van der Waals surface area contributed by atoms with E-state index in [1.807, 2.05) is 6.07 Å². The van der Waals surface area contributed by atoms with Gasteiger partial charge in [0.2, 0.25) is 10.0 Å². The third-order valence-electron chi connectivity index (χ3n) is 4.27. The van der Waals surface area contributed by atoms with Crippen molar-refractivity contribution in [2.24, 2.45) is 0 Å². The summed E-state index contributed by atoms with van der Waals surface area (Å²) >= 11 is 0. The number of pyridine rings is 1. The number of benzene rings is 1. The van der Waals surface area contributed by atoms with Crippen LogP contribution in [0, 0.1) is 5.82 Å². The third kappa shape index (κ3) is 4.08. The Morgan fingerprint density at radius 2 is 2.07 bits per heavy atom. The van der Waals surface area contributed by atoms with E-state index in [0.29, 0.717) is 28.1 Å². The van der Waals surface area contributed by atoms with E-state index in [4.69, 9.17) is 0 Å². The smallest absolute Gasteiger partial charge is 0.225 e. The molecule has 0 aliphatic carbocycles. The number of fused-ring (bicyclic) bond motifs is 2. The molecule has 0 saturated heterocycles. The first-order valence-electron chi connectivity index (χ1n) is 8.59. The van der Waals surface area contributed by atoms with Crippen LogP contribution in [0.4, 0.5) is 4.39 Å². The van der Waals surface area contributed by atoms with Gasteiger partial charge in [-0.2, -0.15) is 5.10 Å². The van der Waals surface area contributed by atoms with Gasteiger partial charge in [-0.05, 0) is 29.8 Å². The normalized spacial score (nSPS) is 11.8. The number of nitrogens with one attached hydrogen (secondary N) is 2. The SMILES string of the molecule is C=C(NNS(C)(=O)=O)c1ccc2ncc(Cc3cc4cccnc4cc3F)n2n1. The lowest BCUT2D eigenvalue weighted by molar-refractivity contribution is 0.582. The fraction of sp³-hybridized carbons (Fsp3) is 0.105. The minimum Gasteiger partial charge on any atom is -0.306 e. The minimum absolute atomic E-state index is 0.264. The van der Waals surface area contributed by atoms with Crippen LogP contribution >= 0.6 is 0 Å². The van der Waals surface area contributed by atoms with Crippen LogP contribution in [0.15, 0.2) is 55.4 Å². The van der Waals surface area contributed by atoms with Crippen molar-refractivity contribution in [1.29, 1.82) is 0 Å². The molecule has 0 aliphatic heterocycles. The topological polar surface area (TPSA) is 101 Å². The van der Waals surface area contributed by atoms with Crippen molar-refractivity contribution in [2.45, 2.75) is 6.42 Å². The van der Waals surface area contributed by atoms with Crippen molar-refractivity contribution in [3.8, 4) is 0 Å². The average molecular weight is 412 g/mol. The number of imidazole rings is 1. The molecule has 29 heavy (non-hydrogen) atoms. The zero-order valence-electron chi connectivity index (χ0n) is 15.4. The van der Waals surface area contributed by atoms with E-state index in [2.05, 4.69) is 31.9 Å². The fourth-order valence-corrected chi connectivity index (χ4v) is 3.20. The number of sulfonamides is 1. The maximum absolute atomic E-state index is 14.6. The Balaban J connectivity index is 1.66. The van der Waals surface area contributed by atoms with Gasteiger partial charge in [0.15, 0.2) is 5.65 Å². The van der Waals surface area contributed by atoms with Crippen molar-refractivity contribution in [1.82, 2.24) is 29.8 Å². The lowest BCUT2D eigenvalue weighted by Crippen LogP contribution is -2.35. The van der Waals surface area contributed by atoms with Gasteiger partial charge in [0.05, 0.1) is 29.4 Å². The number of aromatic nitrogens is 4. The first kappa shape index (κ1) is 19.0. The van der Waals surface area contributed by atoms with E-state index in [-0.39, 0.29) is 17.9 Å². The summed E-state index contributed by atoms with van der Waals surface area (Å²) in [4.78, 5) is 10.6. The van der Waals surface area contributed by atoms with Gasteiger partial charge in [-0.1, -0.05) is 12.6 Å². The van der Waals surface area contributed by atoms with Crippen LogP contribution in [-0.2, 0) is 16.4 Å². The largest absolute Gasteiger partial charge is 0.306 e. The first-order valence-corrected chi connectivity index (χ1v) is 10.5. The molecule has 0 aliphatic rings.